The van der Waals surface area contributed by atoms with Gasteiger partial charge in [-0.25, -0.2) is 0 Å². The first-order chi connectivity index (χ1) is 31.0. The van der Waals surface area contributed by atoms with Crippen molar-refractivity contribution in [2.75, 3.05) is 9.80 Å². The van der Waals surface area contributed by atoms with Crippen molar-refractivity contribution in [2.45, 2.75) is 55.4 Å². The minimum absolute atomic E-state index is 0.894. The largest absolute Gasteiger partial charge is 0.454 e. The van der Waals surface area contributed by atoms with E-state index in [0.717, 1.165) is 100 Å². The van der Waals surface area contributed by atoms with Crippen LogP contribution in [0.3, 0.4) is 0 Å². The predicted octanol–water partition coefficient (Wildman–Crippen LogP) is 17.8. The smallest absolute Gasteiger partial charge is 0.159 e. The first-order valence-electron chi connectivity index (χ1n) is 22.3. The minimum atomic E-state index is 0.894. The highest BCUT2D eigenvalue weighted by atomic mass is 16.3. The molecule has 0 saturated heterocycles. The summed E-state index contributed by atoms with van der Waals surface area (Å²) in [5.74, 6) is 0. The third-order valence-electron chi connectivity index (χ3n) is 13.6. The molecule has 0 fully saturated rings. The normalized spacial score (nSPS) is 12.1. The monoisotopic (exact) mass is 828 g/mol. The van der Waals surface area contributed by atoms with Crippen LogP contribution >= 0.6 is 0 Å². The Morgan fingerprint density at radius 3 is 1.08 bits per heavy atom. The van der Waals surface area contributed by atoms with E-state index in [0.29, 0.717) is 0 Å². The van der Waals surface area contributed by atoms with E-state index < -0.39 is 0 Å². The van der Waals surface area contributed by atoms with E-state index in [9.17, 15) is 0 Å². The molecule has 0 atom stereocenters. The first kappa shape index (κ1) is 38.1. The fraction of sp³-hybridized carbons (Fsp3) is 0.133. The van der Waals surface area contributed by atoms with Crippen LogP contribution in [0.15, 0.2) is 154 Å². The van der Waals surface area contributed by atoms with Crippen LogP contribution in [0, 0.1) is 55.4 Å². The lowest BCUT2D eigenvalue weighted by Crippen LogP contribution is -2.13. The molecule has 0 saturated carbocycles. The van der Waals surface area contributed by atoms with Crippen molar-refractivity contribution in [2.24, 2.45) is 0 Å². The van der Waals surface area contributed by atoms with E-state index in [-0.39, 0.29) is 0 Å². The van der Waals surface area contributed by atoms with Crippen molar-refractivity contribution in [3.8, 4) is 0 Å². The lowest BCUT2D eigenvalue weighted by atomic mass is 9.91. The quantitative estimate of drug-likeness (QED) is 0.156. The zero-order valence-corrected chi connectivity index (χ0v) is 37.6. The van der Waals surface area contributed by atoms with Gasteiger partial charge in [0.05, 0.1) is 22.7 Å². The molecule has 0 aliphatic heterocycles. The third kappa shape index (κ3) is 5.61. The van der Waals surface area contributed by atoms with Gasteiger partial charge in [-0.2, -0.15) is 0 Å². The highest BCUT2D eigenvalue weighted by Crippen LogP contribution is 2.52. The van der Waals surface area contributed by atoms with Crippen molar-refractivity contribution in [3.63, 3.8) is 0 Å². The van der Waals surface area contributed by atoms with Gasteiger partial charge < -0.3 is 18.6 Å². The lowest BCUT2D eigenvalue weighted by molar-refractivity contribution is 0.665. The van der Waals surface area contributed by atoms with E-state index in [4.69, 9.17) is 8.83 Å². The molecule has 2 heterocycles. The highest BCUT2D eigenvalue weighted by molar-refractivity contribution is 6.29. The fourth-order valence-electron chi connectivity index (χ4n) is 10.8. The maximum atomic E-state index is 6.96. The number of nitrogens with zero attached hydrogens (tertiary/aromatic N) is 2. The van der Waals surface area contributed by atoms with Gasteiger partial charge in [0.2, 0.25) is 0 Å². The average molecular weight is 829 g/mol. The molecule has 4 heteroatoms. The number of fused-ring (bicyclic) bond motifs is 6. The summed E-state index contributed by atoms with van der Waals surface area (Å²) in [6, 6.07) is 54.1. The second-order valence-corrected chi connectivity index (χ2v) is 18.3. The molecule has 10 aromatic carbocycles. The van der Waals surface area contributed by atoms with Gasteiger partial charge in [-0.1, -0.05) is 109 Å². The van der Waals surface area contributed by atoms with Gasteiger partial charge in [0.1, 0.15) is 11.2 Å². The van der Waals surface area contributed by atoms with Gasteiger partial charge >= 0.3 is 0 Å². The Balaban J connectivity index is 1.17. The SMILES string of the molecule is Cc1cc(C)cc(N(c2ccc3ccc4c(N(c5cc(C)cc(C)c5)c5c(C)ccc6c5oc5c(C)cccc56)ccc5ccc2c3c54)c2c(C)ccc3c2oc2c(C)cccc23)c1. The summed E-state index contributed by atoms with van der Waals surface area (Å²) in [4.78, 5) is 4.91. The number of aryl methyl sites for hydroxylation is 8. The Kier molecular flexibility index (Phi) is 8.33. The molecule has 0 unspecified atom stereocenters. The molecule has 310 valence electrons. The summed E-state index contributed by atoms with van der Waals surface area (Å²) < 4.78 is 13.9. The number of hydrogen-bond acceptors (Lipinski definition) is 4. The summed E-state index contributed by atoms with van der Waals surface area (Å²) in [6.07, 6.45) is 0. The Morgan fingerprint density at radius 1 is 0.312 bits per heavy atom. The zero-order chi connectivity index (χ0) is 43.7. The molecule has 0 amide bonds. The maximum Gasteiger partial charge on any atom is 0.159 e. The molecule has 2 aromatic heterocycles. The van der Waals surface area contributed by atoms with Gasteiger partial charge in [0.15, 0.2) is 11.2 Å². The van der Waals surface area contributed by atoms with E-state index >= 15 is 0 Å². The molecular weight excluding hydrogens is 781 g/mol. The van der Waals surface area contributed by atoms with Crippen molar-refractivity contribution in [1.29, 1.82) is 0 Å². The molecule has 0 radical (unpaired) electrons. The summed E-state index contributed by atoms with van der Waals surface area (Å²) >= 11 is 0. The number of benzene rings is 10. The minimum Gasteiger partial charge on any atom is -0.454 e. The molecule has 0 aliphatic carbocycles. The second-order valence-electron chi connectivity index (χ2n) is 18.3. The topological polar surface area (TPSA) is 32.8 Å². The Hall–Kier alpha value is -7.56. The molecule has 64 heavy (non-hydrogen) atoms. The Labute approximate surface area is 372 Å². The number of para-hydroxylation sites is 2. The van der Waals surface area contributed by atoms with E-state index in [1.54, 1.807) is 0 Å². The van der Waals surface area contributed by atoms with Crippen LogP contribution in [0.1, 0.15) is 44.5 Å². The Bertz CT molecular complexity index is 3610. The van der Waals surface area contributed by atoms with Gasteiger partial charge in [-0.15, -0.1) is 0 Å². The molecule has 0 spiro atoms. The van der Waals surface area contributed by atoms with Crippen LogP contribution in [0.5, 0.6) is 0 Å². The van der Waals surface area contributed by atoms with E-state index in [1.165, 1.54) is 54.6 Å². The van der Waals surface area contributed by atoms with Gasteiger partial charge in [0.25, 0.3) is 0 Å². The van der Waals surface area contributed by atoms with E-state index in [1.807, 2.05) is 0 Å². The van der Waals surface area contributed by atoms with Gasteiger partial charge in [-0.3, -0.25) is 0 Å². The third-order valence-corrected chi connectivity index (χ3v) is 13.6. The van der Waals surface area contributed by atoms with Crippen molar-refractivity contribution in [1.82, 2.24) is 0 Å². The molecule has 12 rings (SSSR count). The average Bonchev–Trinajstić information content (AvgIpc) is 3.85. The van der Waals surface area contributed by atoms with Crippen LogP contribution < -0.4 is 9.80 Å². The van der Waals surface area contributed by atoms with Crippen molar-refractivity contribution < 1.29 is 8.83 Å². The van der Waals surface area contributed by atoms with Crippen LogP contribution in [-0.2, 0) is 0 Å². The molecule has 12 aromatic rings. The molecular formula is C60H48N2O2. The zero-order valence-electron chi connectivity index (χ0n) is 37.6. The van der Waals surface area contributed by atoms with Crippen LogP contribution in [0.25, 0.3) is 76.2 Å². The van der Waals surface area contributed by atoms with Crippen LogP contribution in [0.2, 0.25) is 0 Å². The van der Waals surface area contributed by atoms with Crippen LogP contribution in [-0.4, -0.2) is 0 Å². The van der Waals surface area contributed by atoms with Gasteiger partial charge in [-0.05, 0) is 158 Å². The fourth-order valence-corrected chi connectivity index (χ4v) is 10.8. The maximum absolute atomic E-state index is 6.96. The molecule has 4 nitrogen and oxygen atoms in total. The van der Waals surface area contributed by atoms with E-state index in [2.05, 4.69) is 211 Å². The lowest BCUT2D eigenvalue weighted by Gasteiger charge is -2.31. The number of hydrogen-bond donors (Lipinski definition) is 0. The van der Waals surface area contributed by atoms with Crippen LogP contribution in [0.4, 0.5) is 34.1 Å². The van der Waals surface area contributed by atoms with Crippen molar-refractivity contribution in [3.05, 3.63) is 190 Å². The summed E-state index contributed by atoms with van der Waals surface area (Å²) in [5.41, 5.74) is 19.6. The standard InChI is InChI=1S/C60H48N2O2/c1-33-27-34(2)30-43(29-33)61(55-37(5)15-21-47-45-13-9-11-39(7)57(45)63-59(47)55)51-25-19-41-18-24-50-52(26-20-42-17-23-49(51)53(41)54(42)50)62(44-31-35(3)28-36(4)32-44)56-38(6)16-22-48-46-14-10-12-40(8)58(46)64-60(48)56/h9-32H,1-8H3. The molecule has 0 bridgehead atoms. The predicted molar refractivity (Wildman–Crippen MR) is 272 cm³/mol. The van der Waals surface area contributed by atoms with Gasteiger partial charge in [0, 0.05) is 43.7 Å². The summed E-state index contributed by atoms with van der Waals surface area (Å²) in [5, 5.41) is 11.7. The summed E-state index contributed by atoms with van der Waals surface area (Å²) in [7, 11) is 0. The Morgan fingerprint density at radius 2 is 0.672 bits per heavy atom. The molecule has 0 N–H and O–H groups in total. The molecule has 0 aliphatic rings. The van der Waals surface area contributed by atoms with Crippen molar-refractivity contribution >= 4 is 110 Å². The summed E-state index contributed by atoms with van der Waals surface area (Å²) in [6.45, 7) is 17.4. The second kappa shape index (κ2) is 14.0. The number of furan rings is 2. The highest BCUT2D eigenvalue weighted by Gasteiger charge is 2.28. The number of rotatable bonds is 6. The first-order valence-corrected chi connectivity index (χ1v) is 22.3. The number of anilines is 6.